The first-order valence-electron chi connectivity index (χ1n) is 12.1. The predicted molar refractivity (Wildman–Crippen MR) is 111 cm³/mol. The molecule has 0 aromatic rings. The van der Waals surface area contributed by atoms with Gasteiger partial charge in [0, 0.05) is 18.3 Å². The van der Waals surface area contributed by atoms with Crippen LogP contribution < -0.4 is 0 Å². The molecule has 0 aromatic heterocycles. The van der Waals surface area contributed by atoms with Crippen molar-refractivity contribution in [1.29, 1.82) is 0 Å². The lowest BCUT2D eigenvalue weighted by molar-refractivity contribution is -0.140. The van der Waals surface area contributed by atoms with Crippen LogP contribution >= 0.6 is 0 Å². The molecule has 0 aromatic carbocycles. The van der Waals surface area contributed by atoms with E-state index in [0.717, 1.165) is 55.8 Å². The first-order valence-corrected chi connectivity index (χ1v) is 12.1. The zero-order valence-corrected chi connectivity index (χ0v) is 18.0. The van der Waals surface area contributed by atoms with Gasteiger partial charge in [-0.1, -0.05) is 33.1 Å². The van der Waals surface area contributed by atoms with Gasteiger partial charge in [0.05, 0.1) is 0 Å². The minimum atomic E-state index is -0.655. The molecule has 0 heterocycles. The van der Waals surface area contributed by atoms with E-state index in [1.165, 1.54) is 51.4 Å². The number of carboxylic acid groups (broad SMARTS) is 1. The van der Waals surface area contributed by atoms with Gasteiger partial charge in [-0.15, -0.1) is 0 Å². The van der Waals surface area contributed by atoms with E-state index in [-0.39, 0.29) is 5.41 Å². The van der Waals surface area contributed by atoms with Crippen molar-refractivity contribution >= 4 is 11.8 Å². The minimum absolute atomic E-state index is 0.0114. The maximum Gasteiger partial charge on any atom is 0.303 e. The summed E-state index contributed by atoms with van der Waals surface area (Å²) in [6.07, 6.45) is 16.1. The van der Waals surface area contributed by atoms with Gasteiger partial charge < -0.3 is 5.11 Å². The summed E-state index contributed by atoms with van der Waals surface area (Å²) in [4.78, 5) is 23.2. The highest BCUT2D eigenvalue weighted by molar-refractivity contribution is 5.87. The number of hydrogen-bond donors (Lipinski definition) is 1. The lowest BCUT2D eigenvalue weighted by Gasteiger charge is -2.60. The van der Waals surface area contributed by atoms with Crippen LogP contribution in [0.15, 0.2) is 0 Å². The molecule has 3 heteroatoms. The molecular formula is C25H40O3. The number of ketones is 1. The number of unbranched alkanes of at least 4 members (excludes halogenated alkanes) is 2. The van der Waals surface area contributed by atoms with E-state index in [1.807, 2.05) is 0 Å². The van der Waals surface area contributed by atoms with Crippen molar-refractivity contribution in [3.8, 4) is 0 Å². The summed E-state index contributed by atoms with van der Waals surface area (Å²) in [7, 11) is 0. The highest BCUT2D eigenvalue weighted by Crippen LogP contribution is 2.66. The molecule has 6 unspecified atom stereocenters. The summed E-state index contributed by atoms with van der Waals surface area (Å²) in [6.45, 7) is 4.90. The predicted octanol–water partition coefficient (Wildman–Crippen LogP) is 6.25. The summed E-state index contributed by atoms with van der Waals surface area (Å²) >= 11 is 0. The zero-order chi connectivity index (χ0) is 19.9. The van der Waals surface area contributed by atoms with Crippen LogP contribution in [0.2, 0.25) is 0 Å². The summed E-state index contributed by atoms with van der Waals surface area (Å²) in [5, 5.41) is 8.78. The van der Waals surface area contributed by atoms with Crippen LogP contribution in [0.1, 0.15) is 104 Å². The van der Waals surface area contributed by atoms with Crippen LogP contribution in [0.25, 0.3) is 0 Å². The average Bonchev–Trinajstić information content (AvgIpc) is 2.96. The third kappa shape index (κ3) is 3.45. The molecule has 4 aliphatic carbocycles. The van der Waals surface area contributed by atoms with Gasteiger partial charge in [-0.05, 0) is 92.8 Å². The Morgan fingerprint density at radius 3 is 2.61 bits per heavy atom. The van der Waals surface area contributed by atoms with Crippen molar-refractivity contribution in [2.24, 2.45) is 40.4 Å². The van der Waals surface area contributed by atoms with E-state index in [0.29, 0.717) is 23.5 Å². The van der Waals surface area contributed by atoms with Gasteiger partial charge in [-0.25, -0.2) is 0 Å². The average molecular weight is 389 g/mol. The standard InChI is InChI=1S/C25H40O3/c1-24-14-12-17(6-4-3-5-7-23(27)28)16-18(24)8-9-19-20-10-11-22(26)25(20,2)15-13-21(19)24/h17-21H,3-16H2,1-2H3,(H,27,28)/t17?,18?,19?,20?,21?,24-,25?/m0/s1. The lowest BCUT2D eigenvalue weighted by Crippen LogP contribution is -2.53. The Labute approximate surface area is 171 Å². The summed E-state index contributed by atoms with van der Waals surface area (Å²) in [5.41, 5.74) is 0.521. The topological polar surface area (TPSA) is 54.4 Å². The molecule has 1 N–H and O–H groups in total. The molecule has 4 aliphatic rings. The van der Waals surface area contributed by atoms with E-state index in [1.54, 1.807) is 0 Å². The van der Waals surface area contributed by atoms with E-state index >= 15 is 0 Å². The quantitative estimate of drug-likeness (QED) is 0.547. The Kier molecular flexibility index (Phi) is 5.66. The number of fused-ring (bicyclic) bond motifs is 5. The molecule has 0 amide bonds. The van der Waals surface area contributed by atoms with Gasteiger partial charge in [0.25, 0.3) is 0 Å². The number of carboxylic acids is 1. The van der Waals surface area contributed by atoms with Crippen LogP contribution in [0.3, 0.4) is 0 Å². The monoisotopic (exact) mass is 388 g/mol. The molecule has 4 rings (SSSR count). The fourth-order valence-corrected chi connectivity index (χ4v) is 8.27. The molecule has 7 atom stereocenters. The first kappa shape index (κ1) is 20.4. The van der Waals surface area contributed by atoms with Crippen molar-refractivity contribution in [2.75, 3.05) is 0 Å². The molecule has 28 heavy (non-hydrogen) atoms. The Bertz CT molecular complexity index is 613. The molecule has 0 radical (unpaired) electrons. The van der Waals surface area contributed by atoms with Crippen LogP contribution in [-0.2, 0) is 9.59 Å². The molecule has 3 nitrogen and oxygen atoms in total. The van der Waals surface area contributed by atoms with Gasteiger partial charge in [-0.3, -0.25) is 9.59 Å². The van der Waals surface area contributed by atoms with Crippen molar-refractivity contribution < 1.29 is 14.7 Å². The molecule has 0 bridgehead atoms. The largest absolute Gasteiger partial charge is 0.481 e. The maximum absolute atomic E-state index is 12.6. The van der Waals surface area contributed by atoms with E-state index in [4.69, 9.17) is 5.11 Å². The second-order valence-corrected chi connectivity index (χ2v) is 11.2. The molecule has 0 spiro atoms. The number of carbonyl (C=O) groups excluding carboxylic acids is 1. The number of Topliss-reactive ketones (excluding diaryl/α,β-unsaturated/α-hetero) is 1. The summed E-state index contributed by atoms with van der Waals surface area (Å²) in [6, 6.07) is 0. The highest BCUT2D eigenvalue weighted by atomic mass is 16.4. The van der Waals surface area contributed by atoms with Crippen LogP contribution in [0.5, 0.6) is 0 Å². The second-order valence-electron chi connectivity index (χ2n) is 11.2. The molecule has 158 valence electrons. The van der Waals surface area contributed by atoms with Crippen molar-refractivity contribution in [3.05, 3.63) is 0 Å². The van der Waals surface area contributed by atoms with Crippen molar-refractivity contribution in [3.63, 3.8) is 0 Å². The van der Waals surface area contributed by atoms with Gasteiger partial charge in [0.2, 0.25) is 0 Å². The molecule has 0 aliphatic heterocycles. The Balaban J connectivity index is 1.34. The molecular weight excluding hydrogens is 348 g/mol. The number of carbonyl (C=O) groups is 2. The third-order valence-electron chi connectivity index (χ3n) is 9.99. The van der Waals surface area contributed by atoms with Gasteiger partial charge >= 0.3 is 5.97 Å². The van der Waals surface area contributed by atoms with Crippen LogP contribution in [0, 0.1) is 40.4 Å². The SMILES string of the molecule is CC12CCC3C(CCC4CC(CCCCCC(=O)O)CC[C@@]43C)C1CCC2=O. The number of aliphatic carboxylic acids is 1. The maximum atomic E-state index is 12.6. The first-order chi connectivity index (χ1) is 13.3. The van der Waals surface area contributed by atoms with E-state index < -0.39 is 5.97 Å². The van der Waals surface area contributed by atoms with E-state index in [2.05, 4.69) is 13.8 Å². The normalized spacial score (nSPS) is 45.2. The fourth-order valence-electron chi connectivity index (χ4n) is 8.27. The Morgan fingerprint density at radius 2 is 1.82 bits per heavy atom. The highest BCUT2D eigenvalue weighted by Gasteiger charge is 2.60. The summed E-state index contributed by atoms with van der Waals surface area (Å²) in [5.74, 6) is 3.98. The Morgan fingerprint density at radius 1 is 1.00 bits per heavy atom. The van der Waals surface area contributed by atoms with Gasteiger partial charge in [-0.2, -0.15) is 0 Å². The summed E-state index contributed by atoms with van der Waals surface area (Å²) < 4.78 is 0. The van der Waals surface area contributed by atoms with Crippen LogP contribution in [0.4, 0.5) is 0 Å². The molecule has 4 saturated carbocycles. The number of hydrogen-bond acceptors (Lipinski definition) is 2. The molecule has 0 saturated heterocycles. The van der Waals surface area contributed by atoms with Crippen molar-refractivity contribution in [2.45, 2.75) is 104 Å². The third-order valence-corrected chi connectivity index (χ3v) is 9.99. The second kappa shape index (κ2) is 7.76. The van der Waals surface area contributed by atoms with Gasteiger partial charge in [0.15, 0.2) is 0 Å². The minimum Gasteiger partial charge on any atom is -0.481 e. The molecule has 4 fully saturated rings. The lowest BCUT2D eigenvalue weighted by atomic mass is 9.44. The fraction of sp³-hybridized carbons (Fsp3) is 0.920. The Hall–Kier alpha value is -0.860. The zero-order valence-electron chi connectivity index (χ0n) is 18.0. The van der Waals surface area contributed by atoms with Crippen molar-refractivity contribution in [1.82, 2.24) is 0 Å². The smallest absolute Gasteiger partial charge is 0.303 e. The van der Waals surface area contributed by atoms with Gasteiger partial charge in [0.1, 0.15) is 5.78 Å². The van der Waals surface area contributed by atoms with E-state index in [9.17, 15) is 9.59 Å². The van der Waals surface area contributed by atoms with Crippen LogP contribution in [-0.4, -0.2) is 16.9 Å². The number of rotatable bonds is 6.